The van der Waals surface area contributed by atoms with Gasteiger partial charge in [0.15, 0.2) is 0 Å². The number of thiocarbonyl (C=S) groups is 1. The molecule has 1 saturated heterocycles. The van der Waals surface area contributed by atoms with Gasteiger partial charge in [0.25, 0.3) is 0 Å². The second-order valence-electron chi connectivity index (χ2n) is 4.12. The van der Waals surface area contributed by atoms with Crippen molar-refractivity contribution in [2.75, 3.05) is 19.6 Å². The highest BCUT2D eigenvalue weighted by atomic mass is 32.1. The van der Waals surface area contributed by atoms with E-state index >= 15 is 0 Å². The Labute approximate surface area is 96.2 Å². The molecule has 0 saturated carbocycles. The second kappa shape index (κ2) is 6.02. The summed E-state index contributed by atoms with van der Waals surface area (Å²) in [6.07, 6.45) is 2.70. The summed E-state index contributed by atoms with van der Waals surface area (Å²) in [5, 5.41) is 2.89. The lowest BCUT2D eigenvalue weighted by Gasteiger charge is -2.21. The number of carbonyl (C=O) groups excluding carboxylic acids is 1. The van der Waals surface area contributed by atoms with Crippen LogP contribution in [-0.4, -0.2) is 41.5 Å². The third-order valence-corrected chi connectivity index (χ3v) is 2.62. The van der Waals surface area contributed by atoms with Crippen LogP contribution in [0.15, 0.2) is 0 Å². The van der Waals surface area contributed by atoms with Crippen LogP contribution in [0.5, 0.6) is 0 Å². The minimum absolute atomic E-state index is 0.0748. The first-order chi connectivity index (χ1) is 7.08. The Kier molecular flexibility index (Phi) is 4.98. The molecule has 15 heavy (non-hydrogen) atoms. The van der Waals surface area contributed by atoms with E-state index in [1.54, 1.807) is 0 Å². The molecule has 0 spiro atoms. The Hall–Kier alpha value is -0.680. The maximum absolute atomic E-state index is 11.3. The zero-order chi connectivity index (χ0) is 11.3. The SMILES string of the molecule is CC(CN1CCCC1)NC(=O)CC(N)=S. The fourth-order valence-corrected chi connectivity index (χ4v) is 2.01. The van der Waals surface area contributed by atoms with Gasteiger partial charge in [0.2, 0.25) is 5.91 Å². The van der Waals surface area contributed by atoms with E-state index in [0.29, 0.717) is 0 Å². The van der Waals surface area contributed by atoms with Crippen molar-refractivity contribution in [1.82, 2.24) is 10.2 Å². The summed E-state index contributed by atoms with van der Waals surface area (Å²) in [4.78, 5) is 14.0. The van der Waals surface area contributed by atoms with Crippen molar-refractivity contribution < 1.29 is 4.79 Å². The van der Waals surface area contributed by atoms with E-state index in [1.807, 2.05) is 6.92 Å². The molecule has 4 nitrogen and oxygen atoms in total. The first-order valence-electron chi connectivity index (χ1n) is 5.38. The number of hydrogen-bond acceptors (Lipinski definition) is 3. The van der Waals surface area contributed by atoms with Gasteiger partial charge in [-0.15, -0.1) is 0 Å². The highest BCUT2D eigenvalue weighted by Crippen LogP contribution is 2.07. The van der Waals surface area contributed by atoms with Crippen LogP contribution >= 0.6 is 12.2 Å². The van der Waals surface area contributed by atoms with Gasteiger partial charge in [-0.25, -0.2) is 0 Å². The Morgan fingerprint density at radius 1 is 1.53 bits per heavy atom. The van der Waals surface area contributed by atoms with E-state index in [0.717, 1.165) is 19.6 Å². The van der Waals surface area contributed by atoms with Crippen LogP contribution in [0.3, 0.4) is 0 Å². The lowest BCUT2D eigenvalue weighted by Crippen LogP contribution is -2.42. The summed E-state index contributed by atoms with van der Waals surface area (Å²) in [6.45, 7) is 5.23. The molecule has 1 unspecified atom stereocenters. The van der Waals surface area contributed by atoms with Crippen LogP contribution < -0.4 is 11.1 Å². The number of nitrogens with zero attached hydrogens (tertiary/aromatic N) is 1. The molecule has 0 aromatic rings. The molecule has 1 atom stereocenters. The van der Waals surface area contributed by atoms with Crippen molar-refractivity contribution in [1.29, 1.82) is 0 Å². The number of nitrogens with two attached hydrogens (primary N) is 1. The fraction of sp³-hybridized carbons (Fsp3) is 0.800. The topological polar surface area (TPSA) is 58.4 Å². The molecule has 0 aromatic carbocycles. The summed E-state index contributed by atoms with van der Waals surface area (Å²) in [7, 11) is 0. The third kappa shape index (κ3) is 5.09. The zero-order valence-corrected chi connectivity index (χ0v) is 9.98. The first-order valence-corrected chi connectivity index (χ1v) is 5.79. The Morgan fingerprint density at radius 3 is 2.67 bits per heavy atom. The van der Waals surface area contributed by atoms with Crippen molar-refractivity contribution in [3.05, 3.63) is 0 Å². The van der Waals surface area contributed by atoms with Crippen LogP contribution in [0.25, 0.3) is 0 Å². The minimum Gasteiger partial charge on any atom is -0.393 e. The minimum atomic E-state index is -0.0748. The van der Waals surface area contributed by atoms with Crippen LogP contribution in [0, 0.1) is 0 Å². The quantitative estimate of drug-likeness (QED) is 0.664. The first kappa shape index (κ1) is 12.4. The third-order valence-electron chi connectivity index (χ3n) is 2.47. The Bertz CT molecular complexity index is 239. The molecule has 1 heterocycles. The van der Waals surface area contributed by atoms with Gasteiger partial charge in [-0.1, -0.05) is 12.2 Å². The lowest BCUT2D eigenvalue weighted by atomic mass is 10.3. The number of carbonyl (C=O) groups is 1. The fourth-order valence-electron chi connectivity index (χ4n) is 1.88. The standard InChI is InChI=1S/C10H19N3OS/c1-8(7-13-4-2-3-5-13)12-10(14)6-9(11)15/h8H,2-7H2,1H3,(H2,11,15)(H,12,14). The summed E-state index contributed by atoms with van der Waals surface area (Å²) in [5.74, 6) is -0.0748. The molecule has 0 aromatic heterocycles. The Morgan fingerprint density at radius 2 is 2.13 bits per heavy atom. The van der Waals surface area contributed by atoms with E-state index in [-0.39, 0.29) is 23.4 Å². The molecule has 5 heteroatoms. The van der Waals surface area contributed by atoms with Crippen molar-refractivity contribution >= 4 is 23.1 Å². The van der Waals surface area contributed by atoms with Gasteiger partial charge in [0, 0.05) is 12.6 Å². The van der Waals surface area contributed by atoms with Gasteiger partial charge < -0.3 is 16.0 Å². The van der Waals surface area contributed by atoms with E-state index in [2.05, 4.69) is 22.4 Å². The Balaban J connectivity index is 2.19. The lowest BCUT2D eigenvalue weighted by molar-refractivity contribution is -0.120. The molecule has 0 bridgehead atoms. The summed E-state index contributed by atoms with van der Waals surface area (Å²) in [5.41, 5.74) is 5.29. The molecular weight excluding hydrogens is 210 g/mol. The molecule has 3 N–H and O–H groups in total. The number of likely N-dealkylation sites (tertiary alicyclic amines) is 1. The van der Waals surface area contributed by atoms with Gasteiger partial charge in [-0.2, -0.15) is 0 Å². The van der Waals surface area contributed by atoms with Gasteiger partial charge in [0.05, 0.1) is 11.4 Å². The van der Waals surface area contributed by atoms with Gasteiger partial charge in [-0.05, 0) is 32.9 Å². The number of rotatable bonds is 5. The van der Waals surface area contributed by atoms with Crippen LogP contribution in [0.2, 0.25) is 0 Å². The van der Waals surface area contributed by atoms with Crippen molar-refractivity contribution in [3.63, 3.8) is 0 Å². The highest BCUT2D eigenvalue weighted by molar-refractivity contribution is 7.80. The monoisotopic (exact) mass is 229 g/mol. The largest absolute Gasteiger partial charge is 0.393 e. The van der Waals surface area contributed by atoms with Crippen LogP contribution in [0.1, 0.15) is 26.2 Å². The molecule has 0 radical (unpaired) electrons. The summed E-state index contributed by atoms with van der Waals surface area (Å²) >= 11 is 4.67. The van der Waals surface area contributed by atoms with E-state index in [1.165, 1.54) is 12.8 Å². The second-order valence-corrected chi connectivity index (χ2v) is 4.64. The molecular formula is C10H19N3OS. The summed E-state index contributed by atoms with van der Waals surface area (Å²) in [6, 6.07) is 0.171. The molecule has 1 aliphatic heterocycles. The summed E-state index contributed by atoms with van der Waals surface area (Å²) < 4.78 is 0. The van der Waals surface area contributed by atoms with E-state index < -0.39 is 0 Å². The maximum atomic E-state index is 11.3. The predicted molar refractivity (Wildman–Crippen MR) is 64.7 cm³/mol. The predicted octanol–water partition coefficient (Wildman–Crippen LogP) is 0.263. The number of nitrogens with one attached hydrogen (secondary N) is 1. The van der Waals surface area contributed by atoms with Crippen molar-refractivity contribution in [2.24, 2.45) is 5.73 Å². The zero-order valence-electron chi connectivity index (χ0n) is 9.16. The molecule has 1 fully saturated rings. The maximum Gasteiger partial charge on any atom is 0.227 e. The molecule has 1 rings (SSSR count). The number of hydrogen-bond donors (Lipinski definition) is 2. The van der Waals surface area contributed by atoms with Crippen molar-refractivity contribution in [3.8, 4) is 0 Å². The van der Waals surface area contributed by atoms with Crippen LogP contribution in [-0.2, 0) is 4.79 Å². The van der Waals surface area contributed by atoms with Crippen molar-refractivity contribution in [2.45, 2.75) is 32.2 Å². The highest BCUT2D eigenvalue weighted by Gasteiger charge is 2.15. The van der Waals surface area contributed by atoms with Gasteiger partial charge >= 0.3 is 0 Å². The number of amides is 1. The average Bonchev–Trinajstić information content (AvgIpc) is 2.53. The normalized spacial score (nSPS) is 18.7. The smallest absolute Gasteiger partial charge is 0.227 e. The molecule has 1 amide bonds. The van der Waals surface area contributed by atoms with Crippen LogP contribution in [0.4, 0.5) is 0 Å². The average molecular weight is 229 g/mol. The van der Waals surface area contributed by atoms with Gasteiger partial charge in [0.1, 0.15) is 0 Å². The molecule has 1 aliphatic rings. The molecule has 0 aliphatic carbocycles. The van der Waals surface area contributed by atoms with E-state index in [9.17, 15) is 4.79 Å². The molecule has 86 valence electrons. The van der Waals surface area contributed by atoms with Gasteiger partial charge in [-0.3, -0.25) is 4.79 Å². The van der Waals surface area contributed by atoms with E-state index in [4.69, 9.17) is 5.73 Å².